The van der Waals surface area contributed by atoms with Crippen molar-refractivity contribution in [1.82, 2.24) is 4.98 Å². The minimum absolute atomic E-state index is 0.102. The van der Waals surface area contributed by atoms with Crippen LogP contribution in [-0.4, -0.2) is 32.9 Å². The third-order valence-electron chi connectivity index (χ3n) is 3.80. The minimum atomic E-state index is -2.85. The molecule has 0 bridgehead atoms. The van der Waals surface area contributed by atoms with Gasteiger partial charge in [-0.1, -0.05) is 0 Å². The molecule has 6 nitrogen and oxygen atoms in total. The lowest BCUT2D eigenvalue weighted by atomic mass is 10.2. The van der Waals surface area contributed by atoms with Crippen LogP contribution < -0.4 is 24.3 Å². The van der Waals surface area contributed by atoms with Crippen molar-refractivity contribution in [3.05, 3.63) is 41.8 Å². The minimum Gasteiger partial charge on any atom is -0.493 e. The zero-order chi connectivity index (χ0) is 20.1. The Kier molecular flexibility index (Phi) is 6.15. The molecule has 1 N–H and O–H groups in total. The van der Waals surface area contributed by atoms with Crippen molar-refractivity contribution in [2.75, 3.05) is 26.6 Å². The molecule has 0 spiro atoms. The second-order valence-electron chi connectivity index (χ2n) is 5.48. The zero-order valence-corrected chi connectivity index (χ0v) is 16.2. The monoisotopic (exact) mass is 408 g/mol. The number of alkyl halides is 2. The predicted molar refractivity (Wildman–Crippen MR) is 104 cm³/mol. The van der Waals surface area contributed by atoms with E-state index in [0.29, 0.717) is 28.1 Å². The van der Waals surface area contributed by atoms with Gasteiger partial charge in [0.2, 0.25) is 5.75 Å². The molecule has 0 unspecified atom stereocenters. The smallest absolute Gasteiger partial charge is 0.387 e. The fourth-order valence-electron chi connectivity index (χ4n) is 2.55. The summed E-state index contributed by atoms with van der Waals surface area (Å²) in [5.41, 5.74) is 2.22. The van der Waals surface area contributed by atoms with Crippen molar-refractivity contribution < 1.29 is 27.7 Å². The molecule has 148 valence electrons. The number of hydrogen-bond acceptors (Lipinski definition) is 7. The van der Waals surface area contributed by atoms with E-state index in [4.69, 9.17) is 14.2 Å². The van der Waals surface area contributed by atoms with Gasteiger partial charge in [0.1, 0.15) is 5.75 Å². The predicted octanol–water partition coefficient (Wildman–Crippen LogP) is 5.18. The van der Waals surface area contributed by atoms with Gasteiger partial charge in [0, 0.05) is 28.8 Å². The molecule has 2 aromatic carbocycles. The summed E-state index contributed by atoms with van der Waals surface area (Å²) in [6, 6.07) is 9.87. The second kappa shape index (κ2) is 8.75. The number of methoxy groups -OCH3 is 3. The Balaban J connectivity index is 1.79. The molecule has 0 aliphatic carbocycles. The Hall–Kier alpha value is -3.07. The first-order chi connectivity index (χ1) is 13.5. The van der Waals surface area contributed by atoms with Gasteiger partial charge in [0.25, 0.3) is 0 Å². The van der Waals surface area contributed by atoms with Crippen molar-refractivity contribution in [3.8, 4) is 34.3 Å². The van der Waals surface area contributed by atoms with Gasteiger partial charge < -0.3 is 24.3 Å². The summed E-state index contributed by atoms with van der Waals surface area (Å²) in [6.45, 7) is -2.85. The van der Waals surface area contributed by atoms with Gasteiger partial charge in [-0.3, -0.25) is 0 Å². The van der Waals surface area contributed by atoms with Crippen LogP contribution in [-0.2, 0) is 0 Å². The van der Waals surface area contributed by atoms with Gasteiger partial charge in [-0.2, -0.15) is 8.78 Å². The van der Waals surface area contributed by atoms with Crippen LogP contribution in [0.4, 0.5) is 19.6 Å². The number of ether oxygens (including phenoxy) is 4. The van der Waals surface area contributed by atoms with E-state index in [1.165, 1.54) is 30.6 Å². The molecular weight excluding hydrogens is 390 g/mol. The first kappa shape index (κ1) is 19.7. The molecule has 1 heterocycles. The van der Waals surface area contributed by atoms with Crippen molar-refractivity contribution in [1.29, 1.82) is 0 Å². The summed E-state index contributed by atoms with van der Waals surface area (Å²) in [4.78, 5) is 4.53. The van der Waals surface area contributed by atoms with E-state index in [0.717, 1.165) is 11.3 Å². The van der Waals surface area contributed by atoms with Crippen molar-refractivity contribution in [2.24, 2.45) is 0 Å². The van der Waals surface area contributed by atoms with Crippen molar-refractivity contribution in [2.45, 2.75) is 6.61 Å². The van der Waals surface area contributed by atoms with E-state index in [-0.39, 0.29) is 5.75 Å². The van der Waals surface area contributed by atoms with E-state index in [1.54, 1.807) is 38.5 Å². The lowest BCUT2D eigenvalue weighted by Crippen LogP contribution is -2.01. The first-order valence-electron chi connectivity index (χ1n) is 8.12. The molecule has 3 rings (SSSR count). The Morgan fingerprint density at radius 3 is 2.14 bits per heavy atom. The standard InChI is InChI=1S/C19H18F2N2O4S/c1-24-15-8-12(9-16(25-2)17(15)26-3)22-19-23-14(10-28-19)11-4-6-13(7-5-11)27-18(20)21/h4-10,18H,1-3H3,(H,22,23). The highest BCUT2D eigenvalue weighted by atomic mass is 32.1. The van der Waals surface area contributed by atoms with Gasteiger partial charge in [-0.15, -0.1) is 11.3 Å². The molecule has 0 saturated carbocycles. The Labute approximate surface area is 164 Å². The third kappa shape index (κ3) is 4.42. The van der Waals surface area contributed by atoms with Gasteiger partial charge in [-0.25, -0.2) is 4.98 Å². The molecule has 3 aromatic rings. The number of halogens is 2. The lowest BCUT2D eigenvalue weighted by molar-refractivity contribution is -0.0498. The van der Waals surface area contributed by atoms with Crippen LogP contribution in [0.25, 0.3) is 11.3 Å². The summed E-state index contributed by atoms with van der Waals surface area (Å²) in [6.07, 6.45) is 0. The van der Waals surface area contributed by atoms with E-state index in [9.17, 15) is 8.78 Å². The van der Waals surface area contributed by atoms with Crippen LogP contribution in [0, 0.1) is 0 Å². The molecule has 0 amide bonds. The van der Waals surface area contributed by atoms with Crippen LogP contribution in [0.15, 0.2) is 41.8 Å². The van der Waals surface area contributed by atoms with Gasteiger partial charge in [0.05, 0.1) is 27.0 Å². The Bertz CT molecular complexity index is 907. The van der Waals surface area contributed by atoms with E-state index < -0.39 is 6.61 Å². The summed E-state index contributed by atoms with van der Waals surface area (Å²) in [7, 11) is 4.63. The molecular formula is C19H18F2N2O4S. The number of thiazole rings is 1. The Morgan fingerprint density at radius 1 is 0.964 bits per heavy atom. The molecule has 9 heteroatoms. The molecule has 1 aromatic heterocycles. The highest BCUT2D eigenvalue weighted by Gasteiger charge is 2.14. The van der Waals surface area contributed by atoms with Crippen LogP contribution in [0.1, 0.15) is 0 Å². The SMILES string of the molecule is COc1cc(Nc2nc(-c3ccc(OC(F)F)cc3)cs2)cc(OC)c1OC. The second-order valence-corrected chi connectivity index (χ2v) is 6.34. The largest absolute Gasteiger partial charge is 0.493 e. The average Bonchev–Trinajstić information content (AvgIpc) is 3.15. The summed E-state index contributed by atoms with van der Waals surface area (Å²) in [5, 5.41) is 5.71. The number of anilines is 2. The Morgan fingerprint density at radius 2 is 1.61 bits per heavy atom. The highest BCUT2D eigenvalue weighted by molar-refractivity contribution is 7.14. The molecule has 0 saturated heterocycles. The number of nitrogens with zero attached hydrogens (tertiary/aromatic N) is 1. The maximum Gasteiger partial charge on any atom is 0.387 e. The maximum atomic E-state index is 12.2. The number of rotatable bonds is 8. The van der Waals surface area contributed by atoms with Gasteiger partial charge >= 0.3 is 6.61 Å². The number of nitrogens with one attached hydrogen (secondary N) is 1. The first-order valence-corrected chi connectivity index (χ1v) is 8.99. The van der Waals surface area contributed by atoms with Crippen LogP contribution in [0.5, 0.6) is 23.0 Å². The van der Waals surface area contributed by atoms with Crippen LogP contribution in [0.3, 0.4) is 0 Å². The fourth-order valence-corrected chi connectivity index (χ4v) is 3.29. The third-order valence-corrected chi connectivity index (χ3v) is 4.55. The van der Waals surface area contributed by atoms with Crippen molar-refractivity contribution >= 4 is 22.2 Å². The summed E-state index contributed by atoms with van der Waals surface area (Å²) >= 11 is 1.40. The normalized spacial score (nSPS) is 10.6. The number of benzene rings is 2. The topological polar surface area (TPSA) is 61.8 Å². The van der Waals surface area contributed by atoms with Crippen LogP contribution >= 0.6 is 11.3 Å². The number of aromatic nitrogens is 1. The molecule has 0 radical (unpaired) electrons. The molecule has 0 aliphatic rings. The lowest BCUT2D eigenvalue weighted by Gasteiger charge is -2.14. The van der Waals surface area contributed by atoms with E-state index >= 15 is 0 Å². The van der Waals surface area contributed by atoms with Crippen molar-refractivity contribution in [3.63, 3.8) is 0 Å². The maximum absolute atomic E-state index is 12.2. The number of hydrogen-bond donors (Lipinski definition) is 1. The molecule has 0 aliphatic heterocycles. The molecule has 0 fully saturated rings. The molecule has 0 atom stereocenters. The highest BCUT2D eigenvalue weighted by Crippen LogP contribution is 2.41. The summed E-state index contributed by atoms with van der Waals surface area (Å²) < 4.78 is 44.8. The summed E-state index contributed by atoms with van der Waals surface area (Å²) in [5.74, 6) is 1.65. The fraction of sp³-hybridized carbons (Fsp3) is 0.211. The van der Waals surface area contributed by atoms with E-state index in [1.807, 2.05) is 5.38 Å². The quantitative estimate of drug-likeness (QED) is 0.554. The average molecular weight is 408 g/mol. The van der Waals surface area contributed by atoms with Crippen LogP contribution in [0.2, 0.25) is 0 Å². The zero-order valence-electron chi connectivity index (χ0n) is 15.4. The van der Waals surface area contributed by atoms with Gasteiger partial charge in [0.15, 0.2) is 16.6 Å². The van der Waals surface area contributed by atoms with E-state index in [2.05, 4.69) is 15.0 Å². The van der Waals surface area contributed by atoms with Gasteiger partial charge in [-0.05, 0) is 24.3 Å². The molecule has 28 heavy (non-hydrogen) atoms.